The Labute approximate surface area is 161 Å². The van der Waals surface area contributed by atoms with Gasteiger partial charge in [-0.1, -0.05) is 11.6 Å². The number of rotatable bonds is 5. The first-order valence-corrected chi connectivity index (χ1v) is 8.84. The van der Waals surface area contributed by atoms with E-state index in [1.807, 2.05) is 0 Å². The molecular weight excluding hydrogens is 372 g/mol. The molecule has 3 rings (SSSR count). The summed E-state index contributed by atoms with van der Waals surface area (Å²) in [7, 11) is 1.29. The van der Waals surface area contributed by atoms with Gasteiger partial charge < -0.3 is 19.4 Å². The monoisotopic (exact) mass is 390 g/mol. The van der Waals surface area contributed by atoms with Crippen LogP contribution >= 0.6 is 11.6 Å². The van der Waals surface area contributed by atoms with E-state index >= 15 is 0 Å². The maximum atomic E-state index is 12.7. The Morgan fingerprint density at radius 1 is 1.30 bits per heavy atom. The molecule has 0 aliphatic carbocycles. The second-order valence-corrected chi connectivity index (χ2v) is 6.60. The molecule has 2 aromatic rings. The van der Waals surface area contributed by atoms with Gasteiger partial charge in [-0.25, -0.2) is 4.79 Å². The third-order valence-corrected chi connectivity index (χ3v) is 4.60. The van der Waals surface area contributed by atoms with Gasteiger partial charge >= 0.3 is 5.97 Å². The molecule has 1 saturated heterocycles. The lowest BCUT2D eigenvalue weighted by atomic mass is 10.1. The summed E-state index contributed by atoms with van der Waals surface area (Å²) in [5, 5.41) is 3.19. The highest BCUT2D eigenvalue weighted by Gasteiger charge is 2.26. The third-order valence-electron chi connectivity index (χ3n) is 4.37. The van der Waals surface area contributed by atoms with Crippen LogP contribution in [0.25, 0.3) is 0 Å². The molecule has 1 aromatic heterocycles. The Balaban J connectivity index is 1.77. The molecule has 8 heteroatoms. The van der Waals surface area contributed by atoms with E-state index in [0.29, 0.717) is 46.3 Å². The Hall–Kier alpha value is -2.80. The lowest BCUT2D eigenvalue weighted by Crippen LogP contribution is -2.29. The number of aryl methyl sites for hydroxylation is 1. The second-order valence-electron chi connectivity index (χ2n) is 6.17. The highest BCUT2D eigenvalue weighted by Crippen LogP contribution is 2.28. The first-order chi connectivity index (χ1) is 12.9. The fourth-order valence-corrected chi connectivity index (χ4v) is 3.20. The fraction of sp³-hybridized carbons (Fsp3) is 0.316. The molecule has 0 saturated carbocycles. The van der Waals surface area contributed by atoms with Crippen molar-refractivity contribution in [2.75, 3.05) is 18.6 Å². The maximum absolute atomic E-state index is 12.7. The predicted molar refractivity (Wildman–Crippen MR) is 99.0 cm³/mol. The number of furan rings is 1. The van der Waals surface area contributed by atoms with Crippen molar-refractivity contribution in [1.82, 2.24) is 5.32 Å². The molecule has 0 unspecified atom stereocenters. The second kappa shape index (κ2) is 7.84. The van der Waals surface area contributed by atoms with E-state index in [0.717, 1.165) is 6.42 Å². The average Bonchev–Trinajstić information content (AvgIpc) is 3.24. The van der Waals surface area contributed by atoms with Crippen LogP contribution in [-0.2, 0) is 16.1 Å². The standard InChI is InChI=1S/C19H19ClN2O5/c1-11-15(19(25)26-2)9-13(27-11)10-21-18(24)14-6-5-12(20)8-16(14)22-7-3-4-17(22)23/h5-6,8-9H,3-4,7,10H2,1-2H3,(H,21,24). The molecule has 1 aromatic carbocycles. The SMILES string of the molecule is COC(=O)c1cc(CNC(=O)c2ccc(Cl)cc2N2CCCC2=O)oc1C. The van der Waals surface area contributed by atoms with Crippen molar-refractivity contribution < 1.29 is 23.5 Å². The van der Waals surface area contributed by atoms with Crippen LogP contribution in [-0.4, -0.2) is 31.4 Å². The summed E-state index contributed by atoms with van der Waals surface area (Å²) in [4.78, 5) is 38.0. The van der Waals surface area contributed by atoms with E-state index in [4.69, 9.17) is 16.0 Å². The van der Waals surface area contributed by atoms with Gasteiger partial charge in [-0.05, 0) is 37.6 Å². The van der Waals surface area contributed by atoms with Crippen molar-refractivity contribution in [3.05, 3.63) is 51.9 Å². The van der Waals surface area contributed by atoms with E-state index in [1.54, 1.807) is 30.0 Å². The van der Waals surface area contributed by atoms with Crippen molar-refractivity contribution >= 4 is 35.1 Å². The molecule has 1 fully saturated rings. The minimum atomic E-state index is -0.499. The van der Waals surface area contributed by atoms with Crippen LogP contribution in [0.15, 0.2) is 28.7 Å². The van der Waals surface area contributed by atoms with Crippen molar-refractivity contribution in [1.29, 1.82) is 0 Å². The molecule has 1 aliphatic rings. The van der Waals surface area contributed by atoms with Crippen LogP contribution in [0.5, 0.6) is 0 Å². The number of amides is 2. The van der Waals surface area contributed by atoms with Gasteiger partial charge in [0.25, 0.3) is 5.91 Å². The molecule has 0 radical (unpaired) electrons. The van der Waals surface area contributed by atoms with Crippen molar-refractivity contribution in [2.45, 2.75) is 26.3 Å². The topological polar surface area (TPSA) is 88.9 Å². The molecule has 2 amide bonds. The van der Waals surface area contributed by atoms with Crippen molar-refractivity contribution in [3.8, 4) is 0 Å². The predicted octanol–water partition coefficient (Wildman–Crippen LogP) is 3.08. The molecule has 27 heavy (non-hydrogen) atoms. The third kappa shape index (κ3) is 3.98. The van der Waals surface area contributed by atoms with Gasteiger partial charge in [-0.3, -0.25) is 9.59 Å². The van der Waals surface area contributed by atoms with Crippen LogP contribution in [0, 0.1) is 6.92 Å². The molecule has 2 heterocycles. The quantitative estimate of drug-likeness (QED) is 0.792. The summed E-state index contributed by atoms with van der Waals surface area (Å²) in [5.74, 6) is -0.0537. The first-order valence-electron chi connectivity index (χ1n) is 8.46. The number of methoxy groups -OCH3 is 1. The molecule has 0 atom stereocenters. The van der Waals surface area contributed by atoms with Gasteiger partial charge in [0, 0.05) is 18.0 Å². The normalized spacial score (nSPS) is 13.7. The van der Waals surface area contributed by atoms with Gasteiger partial charge in [-0.2, -0.15) is 0 Å². The van der Waals surface area contributed by atoms with Crippen molar-refractivity contribution in [3.63, 3.8) is 0 Å². The van der Waals surface area contributed by atoms with Gasteiger partial charge in [0.05, 0.1) is 24.9 Å². The van der Waals surface area contributed by atoms with E-state index in [9.17, 15) is 14.4 Å². The zero-order chi connectivity index (χ0) is 19.6. The van der Waals surface area contributed by atoms with E-state index in [2.05, 4.69) is 10.1 Å². The number of hydrogen-bond acceptors (Lipinski definition) is 5. The Morgan fingerprint density at radius 2 is 2.07 bits per heavy atom. The summed E-state index contributed by atoms with van der Waals surface area (Å²) < 4.78 is 10.2. The number of hydrogen-bond donors (Lipinski definition) is 1. The lowest BCUT2D eigenvalue weighted by Gasteiger charge is -2.19. The molecule has 1 aliphatic heterocycles. The number of ether oxygens (including phenoxy) is 1. The van der Waals surface area contributed by atoms with Crippen LogP contribution < -0.4 is 10.2 Å². The number of anilines is 1. The summed E-state index contributed by atoms with van der Waals surface area (Å²) in [6, 6.07) is 6.35. The lowest BCUT2D eigenvalue weighted by molar-refractivity contribution is -0.117. The van der Waals surface area contributed by atoms with Crippen LogP contribution in [0.3, 0.4) is 0 Å². The molecule has 0 spiro atoms. The van der Waals surface area contributed by atoms with E-state index in [-0.39, 0.29) is 18.4 Å². The molecular formula is C19H19ClN2O5. The number of nitrogens with one attached hydrogen (secondary N) is 1. The number of benzene rings is 1. The fourth-order valence-electron chi connectivity index (χ4n) is 3.03. The molecule has 0 bridgehead atoms. The van der Waals surface area contributed by atoms with Gasteiger partial charge in [0.2, 0.25) is 5.91 Å². The van der Waals surface area contributed by atoms with Gasteiger partial charge in [0.1, 0.15) is 17.1 Å². The van der Waals surface area contributed by atoms with Crippen LogP contribution in [0.2, 0.25) is 5.02 Å². The maximum Gasteiger partial charge on any atom is 0.341 e. The van der Waals surface area contributed by atoms with Gasteiger partial charge in [-0.15, -0.1) is 0 Å². The Bertz CT molecular complexity index is 906. The highest BCUT2D eigenvalue weighted by atomic mass is 35.5. The number of carbonyl (C=O) groups excluding carboxylic acids is 3. The largest absolute Gasteiger partial charge is 0.465 e. The van der Waals surface area contributed by atoms with Crippen molar-refractivity contribution in [2.24, 2.45) is 0 Å². The summed E-state index contributed by atoms with van der Waals surface area (Å²) in [6.07, 6.45) is 1.20. The summed E-state index contributed by atoms with van der Waals surface area (Å²) in [6.45, 7) is 2.29. The number of esters is 1. The molecule has 142 valence electrons. The smallest absolute Gasteiger partial charge is 0.341 e. The summed E-state index contributed by atoms with van der Waals surface area (Å²) >= 11 is 6.06. The minimum Gasteiger partial charge on any atom is -0.465 e. The minimum absolute atomic E-state index is 0.0318. The first kappa shape index (κ1) is 19.0. The number of nitrogens with zero attached hydrogens (tertiary/aromatic N) is 1. The zero-order valence-corrected chi connectivity index (χ0v) is 15.8. The average molecular weight is 391 g/mol. The number of carbonyl (C=O) groups is 3. The van der Waals surface area contributed by atoms with E-state index < -0.39 is 5.97 Å². The number of halogens is 1. The molecule has 1 N–H and O–H groups in total. The Kier molecular flexibility index (Phi) is 5.51. The zero-order valence-electron chi connectivity index (χ0n) is 15.0. The molecule has 7 nitrogen and oxygen atoms in total. The van der Waals surface area contributed by atoms with Crippen LogP contribution in [0.1, 0.15) is 45.1 Å². The Morgan fingerprint density at radius 3 is 2.74 bits per heavy atom. The van der Waals surface area contributed by atoms with Gasteiger partial charge in [0.15, 0.2) is 0 Å². The van der Waals surface area contributed by atoms with E-state index in [1.165, 1.54) is 13.2 Å². The highest BCUT2D eigenvalue weighted by molar-refractivity contribution is 6.31. The summed E-state index contributed by atoms with van der Waals surface area (Å²) in [5.41, 5.74) is 1.16. The van der Waals surface area contributed by atoms with Crippen LogP contribution in [0.4, 0.5) is 5.69 Å².